The molecule has 1 aromatic carbocycles. The van der Waals surface area contributed by atoms with Gasteiger partial charge in [0.25, 0.3) is 5.91 Å². The van der Waals surface area contributed by atoms with Crippen LogP contribution in [0.2, 0.25) is 0 Å². The molecule has 15 heavy (non-hydrogen) atoms. The number of benzene rings is 1. The van der Waals surface area contributed by atoms with Gasteiger partial charge < -0.3 is 11.1 Å². The molecule has 0 atom stereocenters. The van der Waals surface area contributed by atoms with Crippen molar-refractivity contribution in [2.24, 2.45) is 5.73 Å². The first-order valence-electron chi connectivity index (χ1n) is 4.33. The van der Waals surface area contributed by atoms with Crippen LogP contribution >= 0.6 is 12.2 Å². The number of nitrogens with two attached hydrogens (primary N) is 1. The Labute approximate surface area is 92.5 Å². The molecule has 0 aliphatic carbocycles. The number of thiocarbonyl (C=S) groups is 1. The largest absolute Gasteiger partial charge is 0.392 e. The standard InChI is InChI=1S/C10H11FN2OS/c1-6-2-3-7(4-8(6)11)10(14)13-5-9(12)15/h2-4H,5H2,1H3,(H2,12,15)(H,13,14). The molecule has 0 aliphatic heterocycles. The molecule has 0 aromatic heterocycles. The number of hydrogen-bond acceptors (Lipinski definition) is 2. The van der Waals surface area contributed by atoms with Crippen LogP contribution in [0.4, 0.5) is 4.39 Å². The molecule has 0 heterocycles. The summed E-state index contributed by atoms with van der Waals surface area (Å²) in [5.41, 5.74) is 5.97. The third-order valence-corrected chi connectivity index (χ3v) is 2.00. The first kappa shape index (κ1) is 11.6. The Morgan fingerprint density at radius 3 is 2.80 bits per heavy atom. The maximum atomic E-state index is 13.1. The summed E-state index contributed by atoms with van der Waals surface area (Å²) >= 11 is 4.60. The van der Waals surface area contributed by atoms with Gasteiger partial charge in [-0.05, 0) is 24.6 Å². The van der Waals surface area contributed by atoms with E-state index >= 15 is 0 Å². The van der Waals surface area contributed by atoms with Gasteiger partial charge in [0.2, 0.25) is 0 Å². The van der Waals surface area contributed by atoms with Gasteiger partial charge in [0.05, 0.1) is 11.5 Å². The zero-order chi connectivity index (χ0) is 11.4. The Bertz CT molecular complexity index is 406. The number of halogens is 1. The van der Waals surface area contributed by atoms with E-state index in [0.717, 1.165) is 0 Å². The van der Waals surface area contributed by atoms with E-state index in [1.54, 1.807) is 19.1 Å². The van der Waals surface area contributed by atoms with E-state index in [-0.39, 0.29) is 23.0 Å². The van der Waals surface area contributed by atoms with Gasteiger partial charge in [-0.2, -0.15) is 0 Å². The highest BCUT2D eigenvalue weighted by molar-refractivity contribution is 7.80. The predicted molar refractivity (Wildman–Crippen MR) is 60.3 cm³/mol. The third kappa shape index (κ3) is 3.28. The lowest BCUT2D eigenvalue weighted by molar-refractivity contribution is 0.0959. The topological polar surface area (TPSA) is 55.1 Å². The van der Waals surface area contributed by atoms with Crippen molar-refractivity contribution in [2.75, 3.05) is 6.54 Å². The molecule has 0 fully saturated rings. The molecule has 0 saturated carbocycles. The van der Waals surface area contributed by atoms with Crippen molar-refractivity contribution in [3.8, 4) is 0 Å². The maximum absolute atomic E-state index is 13.1. The Morgan fingerprint density at radius 1 is 1.60 bits per heavy atom. The fraction of sp³-hybridized carbons (Fsp3) is 0.200. The first-order chi connectivity index (χ1) is 7.00. The zero-order valence-corrected chi connectivity index (χ0v) is 9.03. The van der Waals surface area contributed by atoms with Crippen LogP contribution in [0.25, 0.3) is 0 Å². The number of nitrogens with one attached hydrogen (secondary N) is 1. The lowest BCUT2D eigenvalue weighted by Gasteiger charge is -2.04. The second-order valence-electron chi connectivity index (χ2n) is 3.11. The summed E-state index contributed by atoms with van der Waals surface area (Å²) in [6, 6.07) is 4.28. The molecule has 3 nitrogen and oxygen atoms in total. The number of carbonyl (C=O) groups is 1. The molecule has 0 saturated heterocycles. The Kier molecular flexibility index (Phi) is 3.74. The lowest BCUT2D eigenvalue weighted by Crippen LogP contribution is -2.32. The van der Waals surface area contributed by atoms with Gasteiger partial charge in [0.1, 0.15) is 5.82 Å². The van der Waals surface area contributed by atoms with Crippen LogP contribution < -0.4 is 11.1 Å². The summed E-state index contributed by atoms with van der Waals surface area (Å²) in [5.74, 6) is -0.792. The van der Waals surface area contributed by atoms with Crippen LogP contribution in [-0.4, -0.2) is 17.4 Å². The average Bonchev–Trinajstić information content (AvgIpc) is 2.18. The van der Waals surface area contributed by atoms with Crippen molar-refractivity contribution in [1.82, 2.24) is 5.32 Å². The number of aryl methyl sites for hydroxylation is 1. The minimum absolute atomic E-state index is 0.115. The van der Waals surface area contributed by atoms with Crippen LogP contribution in [-0.2, 0) is 0 Å². The number of carbonyl (C=O) groups excluding carboxylic acids is 1. The van der Waals surface area contributed by atoms with Crippen molar-refractivity contribution in [3.63, 3.8) is 0 Å². The molecule has 0 spiro atoms. The molecule has 1 amide bonds. The van der Waals surface area contributed by atoms with Crippen LogP contribution in [0.15, 0.2) is 18.2 Å². The number of hydrogen-bond donors (Lipinski definition) is 2. The minimum atomic E-state index is -0.405. The van der Waals surface area contributed by atoms with Gasteiger partial charge in [-0.3, -0.25) is 4.79 Å². The van der Waals surface area contributed by atoms with Crippen LogP contribution in [0.3, 0.4) is 0 Å². The molecule has 3 N–H and O–H groups in total. The van der Waals surface area contributed by atoms with Crippen molar-refractivity contribution in [1.29, 1.82) is 0 Å². The van der Waals surface area contributed by atoms with Gasteiger partial charge >= 0.3 is 0 Å². The lowest BCUT2D eigenvalue weighted by atomic mass is 10.1. The van der Waals surface area contributed by atoms with E-state index in [2.05, 4.69) is 17.5 Å². The highest BCUT2D eigenvalue weighted by Gasteiger charge is 2.07. The quantitative estimate of drug-likeness (QED) is 0.760. The number of amides is 1. The monoisotopic (exact) mass is 226 g/mol. The summed E-state index contributed by atoms with van der Waals surface area (Å²) in [4.78, 5) is 11.6. The van der Waals surface area contributed by atoms with Crippen molar-refractivity contribution in [3.05, 3.63) is 35.1 Å². The summed E-state index contributed by atoms with van der Waals surface area (Å²) in [5, 5.41) is 2.47. The van der Waals surface area contributed by atoms with Crippen LogP contribution in [0, 0.1) is 12.7 Å². The maximum Gasteiger partial charge on any atom is 0.251 e. The molecule has 0 bridgehead atoms. The second-order valence-corrected chi connectivity index (χ2v) is 3.64. The second kappa shape index (κ2) is 4.84. The van der Waals surface area contributed by atoms with Gasteiger partial charge in [0, 0.05) is 5.56 Å². The van der Waals surface area contributed by atoms with E-state index < -0.39 is 5.82 Å². The fourth-order valence-corrected chi connectivity index (χ4v) is 1.08. The number of rotatable bonds is 3. The van der Waals surface area contributed by atoms with E-state index in [0.29, 0.717) is 5.56 Å². The van der Waals surface area contributed by atoms with E-state index in [1.807, 2.05) is 0 Å². The fourth-order valence-electron chi connectivity index (χ4n) is 1.00. The van der Waals surface area contributed by atoms with E-state index in [4.69, 9.17) is 5.73 Å². The third-order valence-electron chi connectivity index (χ3n) is 1.86. The van der Waals surface area contributed by atoms with E-state index in [1.165, 1.54) is 6.07 Å². The summed E-state index contributed by atoms with van der Waals surface area (Å²) in [7, 11) is 0. The minimum Gasteiger partial charge on any atom is -0.392 e. The van der Waals surface area contributed by atoms with Crippen molar-refractivity contribution in [2.45, 2.75) is 6.92 Å². The zero-order valence-electron chi connectivity index (χ0n) is 8.21. The highest BCUT2D eigenvalue weighted by atomic mass is 32.1. The predicted octanol–water partition coefficient (Wildman–Crippen LogP) is 1.15. The molecule has 0 radical (unpaired) electrons. The normalized spacial score (nSPS) is 9.73. The molecule has 5 heteroatoms. The van der Waals surface area contributed by atoms with Crippen molar-refractivity contribution < 1.29 is 9.18 Å². The first-order valence-corrected chi connectivity index (χ1v) is 4.74. The van der Waals surface area contributed by atoms with Gasteiger partial charge in [-0.1, -0.05) is 18.3 Å². The Hall–Kier alpha value is -1.49. The molecule has 80 valence electrons. The average molecular weight is 226 g/mol. The molecule has 0 unspecified atom stereocenters. The van der Waals surface area contributed by atoms with E-state index in [9.17, 15) is 9.18 Å². The summed E-state index contributed by atoms with van der Waals surface area (Å²) in [6.45, 7) is 1.75. The molecule has 0 aliphatic rings. The molecular weight excluding hydrogens is 215 g/mol. The summed E-state index contributed by atoms with van der Waals surface area (Å²) < 4.78 is 13.1. The van der Waals surface area contributed by atoms with Crippen LogP contribution in [0.1, 0.15) is 15.9 Å². The molecule has 1 rings (SSSR count). The molecular formula is C10H11FN2OS. The Morgan fingerprint density at radius 2 is 2.27 bits per heavy atom. The molecule has 1 aromatic rings. The van der Waals surface area contributed by atoms with Crippen molar-refractivity contribution >= 4 is 23.1 Å². The van der Waals surface area contributed by atoms with Gasteiger partial charge in [0.15, 0.2) is 0 Å². The van der Waals surface area contributed by atoms with Crippen LogP contribution in [0.5, 0.6) is 0 Å². The van der Waals surface area contributed by atoms with Gasteiger partial charge in [-0.25, -0.2) is 4.39 Å². The van der Waals surface area contributed by atoms with Gasteiger partial charge in [-0.15, -0.1) is 0 Å². The summed E-state index contributed by atoms with van der Waals surface area (Å²) in [6.07, 6.45) is 0. The SMILES string of the molecule is Cc1ccc(C(=O)NCC(N)=S)cc1F. The smallest absolute Gasteiger partial charge is 0.251 e. The Balaban J connectivity index is 2.74. The highest BCUT2D eigenvalue weighted by Crippen LogP contribution is 2.08.